The van der Waals surface area contributed by atoms with Crippen LogP contribution in [0.15, 0.2) is 45.8 Å². The molecule has 0 saturated heterocycles. The van der Waals surface area contributed by atoms with Crippen LogP contribution < -0.4 is 5.56 Å². The lowest BCUT2D eigenvalue weighted by atomic mass is 10.2. The van der Waals surface area contributed by atoms with E-state index < -0.39 is 28.8 Å². The number of carbonyl (C=O) groups is 1. The number of aromatic carboxylic acids is 1. The molecule has 0 aliphatic rings. The number of aromatic nitrogens is 1. The van der Waals surface area contributed by atoms with Crippen LogP contribution in [0.5, 0.6) is 0 Å². The molecule has 0 bridgehead atoms. The molecule has 110 valence electrons. The normalized spacial score (nSPS) is 11.4. The van der Waals surface area contributed by atoms with Crippen molar-refractivity contribution in [3.8, 4) is 5.69 Å². The topological polar surface area (TPSA) is 59.3 Å². The molecular formula is C13H7BrF3NO3. The van der Waals surface area contributed by atoms with E-state index in [0.29, 0.717) is 0 Å². The Morgan fingerprint density at radius 3 is 2.48 bits per heavy atom. The van der Waals surface area contributed by atoms with E-state index in [-0.39, 0.29) is 10.2 Å². The molecule has 0 spiro atoms. The molecule has 2 rings (SSSR count). The zero-order valence-corrected chi connectivity index (χ0v) is 11.8. The van der Waals surface area contributed by atoms with E-state index in [1.165, 1.54) is 12.3 Å². The first-order chi connectivity index (χ1) is 9.70. The van der Waals surface area contributed by atoms with Gasteiger partial charge in [0.05, 0.1) is 5.56 Å². The van der Waals surface area contributed by atoms with Crippen LogP contribution >= 0.6 is 15.9 Å². The van der Waals surface area contributed by atoms with Gasteiger partial charge in [0, 0.05) is 16.4 Å². The monoisotopic (exact) mass is 361 g/mol. The number of rotatable bonds is 2. The minimum absolute atomic E-state index is 0.0707. The van der Waals surface area contributed by atoms with Crippen molar-refractivity contribution in [2.24, 2.45) is 0 Å². The van der Waals surface area contributed by atoms with Crippen molar-refractivity contribution in [3.05, 3.63) is 62.5 Å². The molecule has 1 aromatic heterocycles. The van der Waals surface area contributed by atoms with Crippen molar-refractivity contribution < 1.29 is 23.1 Å². The number of nitrogens with zero attached hydrogens (tertiary/aromatic N) is 1. The summed E-state index contributed by atoms with van der Waals surface area (Å²) in [5, 5.41) is 8.93. The van der Waals surface area contributed by atoms with Gasteiger partial charge in [0.2, 0.25) is 0 Å². The minimum atomic E-state index is -4.55. The molecule has 0 unspecified atom stereocenters. The Hall–Kier alpha value is -2.09. The lowest BCUT2D eigenvalue weighted by molar-refractivity contribution is -0.137. The second-order valence-electron chi connectivity index (χ2n) is 4.10. The number of carboxylic acid groups (broad SMARTS) is 1. The molecular weight excluding hydrogens is 355 g/mol. The van der Waals surface area contributed by atoms with Crippen LogP contribution in [-0.4, -0.2) is 15.6 Å². The molecule has 0 amide bonds. The fourth-order valence-corrected chi connectivity index (χ4v) is 2.16. The predicted molar refractivity (Wildman–Crippen MR) is 71.7 cm³/mol. The SMILES string of the molecule is O=C(O)c1cc(Br)cn(-c2cccc(C(F)(F)F)c2)c1=O. The predicted octanol–water partition coefficient (Wildman–Crippen LogP) is 3.32. The number of alkyl halides is 3. The third kappa shape index (κ3) is 3.15. The molecule has 4 nitrogen and oxygen atoms in total. The average Bonchev–Trinajstić information content (AvgIpc) is 2.40. The molecule has 1 heterocycles. The summed E-state index contributed by atoms with van der Waals surface area (Å²) >= 11 is 3.03. The van der Waals surface area contributed by atoms with E-state index in [9.17, 15) is 22.8 Å². The van der Waals surface area contributed by atoms with Crippen LogP contribution in [0.2, 0.25) is 0 Å². The third-order valence-electron chi connectivity index (χ3n) is 2.67. The molecule has 0 fully saturated rings. The molecule has 0 aliphatic carbocycles. The van der Waals surface area contributed by atoms with Crippen LogP contribution in [0.1, 0.15) is 15.9 Å². The number of hydrogen-bond donors (Lipinski definition) is 1. The number of carboxylic acids is 1. The van der Waals surface area contributed by atoms with E-state index in [1.807, 2.05) is 0 Å². The van der Waals surface area contributed by atoms with E-state index in [0.717, 1.165) is 28.8 Å². The molecule has 0 saturated carbocycles. The second kappa shape index (κ2) is 5.36. The Bertz CT molecular complexity index is 768. The summed E-state index contributed by atoms with van der Waals surface area (Å²) in [6.07, 6.45) is -3.34. The first kappa shape index (κ1) is 15.3. The van der Waals surface area contributed by atoms with Crippen LogP contribution in [0.3, 0.4) is 0 Å². The zero-order valence-electron chi connectivity index (χ0n) is 10.2. The van der Waals surface area contributed by atoms with Gasteiger partial charge in [0.25, 0.3) is 5.56 Å². The first-order valence-corrected chi connectivity index (χ1v) is 6.32. The Labute approximate surface area is 124 Å². The molecule has 0 aliphatic heterocycles. The fraction of sp³-hybridized carbons (Fsp3) is 0.0769. The number of benzene rings is 1. The summed E-state index contributed by atoms with van der Waals surface area (Å²) in [6.45, 7) is 0. The summed E-state index contributed by atoms with van der Waals surface area (Å²) in [7, 11) is 0. The van der Waals surface area contributed by atoms with E-state index in [2.05, 4.69) is 15.9 Å². The minimum Gasteiger partial charge on any atom is -0.477 e. The third-order valence-corrected chi connectivity index (χ3v) is 3.10. The van der Waals surface area contributed by atoms with Gasteiger partial charge in [0.15, 0.2) is 0 Å². The van der Waals surface area contributed by atoms with Crippen LogP contribution in [0, 0.1) is 0 Å². The quantitative estimate of drug-likeness (QED) is 0.892. The zero-order chi connectivity index (χ0) is 15.8. The highest BCUT2D eigenvalue weighted by atomic mass is 79.9. The van der Waals surface area contributed by atoms with Gasteiger partial charge in [-0.05, 0) is 40.2 Å². The van der Waals surface area contributed by atoms with Crippen molar-refractivity contribution in [1.82, 2.24) is 4.57 Å². The van der Waals surface area contributed by atoms with Gasteiger partial charge in [-0.25, -0.2) is 4.79 Å². The van der Waals surface area contributed by atoms with Gasteiger partial charge < -0.3 is 5.11 Å². The summed E-state index contributed by atoms with van der Waals surface area (Å²) < 4.78 is 39.2. The van der Waals surface area contributed by atoms with Gasteiger partial charge in [-0.3, -0.25) is 9.36 Å². The largest absolute Gasteiger partial charge is 0.477 e. The maximum atomic E-state index is 12.7. The molecule has 1 N–H and O–H groups in total. The lowest BCUT2D eigenvalue weighted by Crippen LogP contribution is -2.25. The van der Waals surface area contributed by atoms with Crippen LogP contribution in [0.4, 0.5) is 13.2 Å². The molecule has 21 heavy (non-hydrogen) atoms. The second-order valence-corrected chi connectivity index (χ2v) is 5.02. The van der Waals surface area contributed by atoms with Gasteiger partial charge in [0.1, 0.15) is 5.56 Å². The maximum Gasteiger partial charge on any atom is 0.416 e. The summed E-state index contributed by atoms with van der Waals surface area (Å²) in [6, 6.07) is 5.17. The molecule has 1 aromatic carbocycles. The van der Waals surface area contributed by atoms with Gasteiger partial charge in [-0.2, -0.15) is 13.2 Å². The van der Waals surface area contributed by atoms with Crippen molar-refractivity contribution in [2.75, 3.05) is 0 Å². The first-order valence-electron chi connectivity index (χ1n) is 5.53. The lowest BCUT2D eigenvalue weighted by Gasteiger charge is -2.11. The molecule has 8 heteroatoms. The van der Waals surface area contributed by atoms with Crippen molar-refractivity contribution >= 4 is 21.9 Å². The molecule has 0 atom stereocenters. The van der Waals surface area contributed by atoms with Gasteiger partial charge in [-0.15, -0.1) is 0 Å². The van der Waals surface area contributed by atoms with Gasteiger partial charge in [-0.1, -0.05) is 6.07 Å². The number of halogens is 4. The van der Waals surface area contributed by atoms with E-state index in [4.69, 9.17) is 5.11 Å². The number of hydrogen-bond acceptors (Lipinski definition) is 2. The van der Waals surface area contributed by atoms with Gasteiger partial charge >= 0.3 is 12.1 Å². The van der Waals surface area contributed by atoms with Crippen molar-refractivity contribution in [3.63, 3.8) is 0 Å². The highest BCUT2D eigenvalue weighted by Crippen LogP contribution is 2.30. The van der Waals surface area contributed by atoms with Crippen LogP contribution in [-0.2, 0) is 6.18 Å². The number of pyridine rings is 1. The summed E-state index contributed by atoms with van der Waals surface area (Å²) in [4.78, 5) is 23.0. The summed E-state index contributed by atoms with van der Waals surface area (Å²) in [5.74, 6) is -1.46. The molecule has 2 aromatic rings. The maximum absolute atomic E-state index is 12.7. The van der Waals surface area contributed by atoms with E-state index >= 15 is 0 Å². The average molecular weight is 362 g/mol. The summed E-state index contributed by atoms with van der Waals surface area (Å²) in [5.41, 5.74) is -2.45. The highest BCUT2D eigenvalue weighted by Gasteiger charge is 2.30. The molecule has 0 radical (unpaired) electrons. The highest BCUT2D eigenvalue weighted by molar-refractivity contribution is 9.10. The van der Waals surface area contributed by atoms with Crippen molar-refractivity contribution in [1.29, 1.82) is 0 Å². The van der Waals surface area contributed by atoms with E-state index in [1.54, 1.807) is 0 Å². The Balaban J connectivity index is 2.68. The Morgan fingerprint density at radius 2 is 1.90 bits per heavy atom. The smallest absolute Gasteiger partial charge is 0.416 e. The van der Waals surface area contributed by atoms with Crippen molar-refractivity contribution in [2.45, 2.75) is 6.18 Å². The standard InChI is InChI=1S/C13H7BrF3NO3/c14-8-5-10(12(20)21)11(19)18(6-8)9-3-1-2-7(4-9)13(15,16)17/h1-6H,(H,20,21). The Morgan fingerprint density at radius 1 is 1.24 bits per heavy atom. The van der Waals surface area contributed by atoms with Crippen LogP contribution in [0.25, 0.3) is 5.69 Å². The fourth-order valence-electron chi connectivity index (χ4n) is 1.73. The Kier molecular flexibility index (Phi) is 3.91.